The summed E-state index contributed by atoms with van der Waals surface area (Å²) in [5.74, 6) is 0.661. The summed E-state index contributed by atoms with van der Waals surface area (Å²) in [5, 5.41) is 4.80. The van der Waals surface area contributed by atoms with Crippen molar-refractivity contribution in [2.45, 2.75) is 37.0 Å². The molecule has 0 spiro atoms. The van der Waals surface area contributed by atoms with E-state index in [-0.39, 0.29) is 12.1 Å². The van der Waals surface area contributed by atoms with Crippen LogP contribution in [-0.2, 0) is 6.42 Å². The largest absolute Gasteiger partial charge is 0.237 e. The third-order valence-electron chi connectivity index (χ3n) is 4.19. The van der Waals surface area contributed by atoms with E-state index >= 15 is 0 Å². The quantitative estimate of drug-likeness (QED) is 0.668. The summed E-state index contributed by atoms with van der Waals surface area (Å²) in [6.07, 6.45) is 3.34. The number of benzene rings is 1. The van der Waals surface area contributed by atoms with Crippen LogP contribution in [0.15, 0.2) is 47.4 Å². The van der Waals surface area contributed by atoms with Crippen LogP contribution in [0.4, 0.5) is 3.89 Å². The third kappa shape index (κ3) is 2.63. The Morgan fingerprint density at radius 2 is 1.95 bits per heavy atom. The topological polar surface area (TPSA) is 17.3 Å². The van der Waals surface area contributed by atoms with Gasteiger partial charge in [0.1, 0.15) is 0 Å². The van der Waals surface area contributed by atoms with Crippen molar-refractivity contribution in [2.24, 2.45) is 0 Å². The molecule has 1 saturated carbocycles. The molecule has 0 atom stereocenters. The van der Waals surface area contributed by atoms with E-state index in [1.54, 1.807) is 0 Å². The molecule has 2 nitrogen and oxygen atoms in total. The smallest absolute Gasteiger partial charge is 0.0812 e. The summed E-state index contributed by atoms with van der Waals surface area (Å²) in [6, 6.07) is 14.2. The summed E-state index contributed by atoms with van der Waals surface area (Å²) in [6.45, 7) is 2.12. The summed E-state index contributed by atoms with van der Waals surface area (Å²) in [4.78, 5) is 0.647. The predicted octanol–water partition coefficient (Wildman–Crippen LogP) is 5.09. The summed E-state index contributed by atoms with van der Waals surface area (Å²) >= 11 is 0.285. The Labute approximate surface area is 133 Å². The lowest BCUT2D eigenvalue weighted by Crippen LogP contribution is -2.01. The number of aromatic nitrogens is 2. The van der Waals surface area contributed by atoms with Gasteiger partial charge in [-0.05, 0) is 61.2 Å². The van der Waals surface area contributed by atoms with Gasteiger partial charge >= 0.3 is 0 Å². The van der Waals surface area contributed by atoms with Crippen molar-refractivity contribution in [2.75, 3.05) is 0 Å². The van der Waals surface area contributed by atoms with Crippen molar-refractivity contribution in [3.8, 4) is 0 Å². The Bertz CT molecular complexity index is 819. The molecule has 4 rings (SSSR count). The van der Waals surface area contributed by atoms with Crippen molar-refractivity contribution in [1.82, 2.24) is 9.61 Å². The maximum atomic E-state index is 12.5. The molecule has 0 N–H and O–H groups in total. The number of hydrogen-bond acceptors (Lipinski definition) is 2. The first-order valence-electron chi connectivity index (χ1n) is 7.59. The molecule has 0 radical (unpaired) electrons. The van der Waals surface area contributed by atoms with Gasteiger partial charge in [-0.1, -0.05) is 12.1 Å². The van der Waals surface area contributed by atoms with Gasteiger partial charge in [0, 0.05) is 22.9 Å². The summed E-state index contributed by atoms with van der Waals surface area (Å²) in [5.41, 5.74) is 6.00. The van der Waals surface area contributed by atoms with Gasteiger partial charge in [0.05, 0.1) is 23.4 Å². The molecule has 1 aliphatic rings. The van der Waals surface area contributed by atoms with Gasteiger partial charge in [-0.2, -0.15) is 8.98 Å². The van der Waals surface area contributed by atoms with Gasteiger partial charge in [-0.15, -0.1) is 0 Å². The molecule has 0 aliphatic heterocycles. The van der Waals surface area contributed by atoms with Gasteiger partial charge in [0.15, 0.2) is 0 Å². The minimum Gasteiger partial charge on any atom is -0.237 e. The van der Waals surface area contributed by atoms with E-state index in [0.29, 0.717) is 10.8 Å². The van der Waals surface area contributed by atoms with E-state index in [4.69, 9.17) is 5.10 Å². The minimum absolute atomic E-state index is 0.285. The predicted molar refractivity (Wildman–Crippen MR) is 88.1 cm³/mol. The zero-order valence-corrected chi connectivity index (χ0v) is 13.2. The Morgan fingerprint density at radius 1 is 1.18 bits per heavy atom. The molecule has 4 heteroatoms. The highest BCUT2D eigenvalue weighted by Gasteiger charge is 2.26. The fourth-order valence-electron chi connectivity index (χ4n) is 2.92. The zero-order valence-electron chi connectivity index (χ0n) is 12.4. The first-order valence-corrected chi connectivity index (χ1v) is 8.31. The maximum Gasteiger partial charge on any atom is 0.0812 e. The fraction of sp³-hybridized carbons (Fsp3) is 0.278. The van der Waals surface area contributed by atoms with Gasteiger partial charge in [0.25, 0.3) is 0 Å². The number of hydrogen-bond donors (Lipinski definition) is 0. The van der Waals surface area contributed by atoms with Crippen LogP contribution >= 0.6 is 12.1 Å². The second-order valence-electron chi connectivity index (χ2n) is 6.10. The molecule has 2 aromatic heterocycles. The highest BCUT2D eigenvalue weighted by atomic mass is 32.2. The van der Waals surface area contributed by atoms with Crippen LogP contribution in [0.25, 0.3) is 5.52 Å². The van der Waals surface area contributed by atoms with Crippen molar-refractivity contribution < 1.29 is 3.89 Å². The first-order chi connectivity index (χ1) is 10.7. The zero-order chi connectivity index (χ0) is 15.1. The van der Waals surface area contributed by atoms with E-state index in [1.807, 2.05) is 24.3 Å². The SMILES string of the molecule is Cc1cc(Cc2ccc(SF)cc2)n2nc(C3CC3)cc2c1. The number of pyridine rings is 1. The van der Waals surface area contributed by atoms with Crippen LogP contribution in [0.2, 0.25) is 0 Å². The number of fused-ring (bicyclic) bond motifs is 1. The van der Waals surface area contributed by atoms with Crippen LogP contribution < -0.4 is 0 Å². The van der Waals surface area contributed by atoms with Gasteiger partial charge in [-0.3, -0.25) is 0 Å². The van der Waals surface area contributed by atoms with E-state index < -0.39 is 0 Å². The first kappa shape index (κ1) is 13.8. The summed E-state index contributed by atoms with van der Waals surface area (Å²) < 4.78 is 14.6. The second kappa shape index (κ2) is 5.43. The van der Waals surface area contributed by atoms with Crippen LogP contribution in [0.1, 0.15) is 41.3 Å². The Hall–Kier alpha value is -1.81. The lowest BCUT2D eigenvalue weighted by atomic mass is 10.1. The lowest BCUT2D eigenvalue weighted by Gasteiger charge is -2.07. The molecular formula is C18H17FN2S. The normalized spacial score (nSPS) is 14.6. The van der Waals surface area contributed by atoms with Crippen molar-refractivity contribution >= 4 is 17.7 Å². The molecule has 1 fully saturated rings. The Balaban J connectivity index is 1.72. The average molecular weight is 312 g/mol. The molecule has 112 valence electrons. The second-order valence-corrected chi connectivity index (χ2v) is 6.73. The van der Waals surface area contributed by atoms with E-state index in [0.717, 1.165) is 6.42 Å². The molecular weight excluding hydrogens is 295 g/mol. The lowest BCUT2D eigenvalue weighted by molar-refractivity contribution is 0.838. The Morgan fingerprint density at radius 3 is 2.64 bits per heavy atom. The number of aryl methyl sites for hydroxylation is 1. The molecule has 3 aromatic rings. The molecule has 0 saturated heterocycles. The third-order valence-corrected chi connectivity index (χ3v) is 4.64. The van der Waals surface area contributed by atoms with Crippen molar-refractivity contribution in [1.29, 1.82) is 0 Å². The van der Waals surface area contributed by atoms with Crippen LogP contribution in [0.3, 0.4) is 0 Å². The van der Waals surface area contributed by atoms with Crippen molar-refractivity contribution in [3.05, 3.63) is 65.0 Å². The monoisotopic (exact) mass is 312 g/mol. The molecule has 1 aliphatic carbocycles. The van der Waals surface area contributed by atoms with Gasteiger partial charge in [-0.25, -0.2) is 4.52 Å². The maximum absolute atomic E-state index is 12.5. The number of nitrogens with zero attached hydrogens (tertiary/aromatic N) is 2. The number of rotatable bonds is 4. The van der Waals surface area contributed by atoms with E-state index in [2.05, 4.69) is 29.6 Å². The Kier molecular flexibility index (Phi) is 3.41. The van der Waals surface area contributed by atoms with E-state index in [9.17, 15) is 3.89 Å². The average Bonchev–Trinajstić information content (AvgIpc) is 3.28. The molecule has 0 bridgehead atoms. The van der Waals surface area contributed by atoms with Crippen LogP contribution in [0.5, 0.6) is 0 Å². The molecule has 2 heterocycles. The van der Waals surface area contributed by atoms with Crippen LogP contribution in [0, 0.1) is 6.92 Å². The van der Waals surface area contributed by atoms with Crippen LogP contribution in [-0.4, -0.2) is 9.61 Å². The molecule has 0 amide bonds. The molecule has 0 unspecified atom stereocenters. The standard InChI is InChI=1S/C18H17FN2S/c1-12-8-15(10-13-2-6-17(22-19)7-3-13)21-16(9-12)11-18(20-21)14-4-5-14/h2-3,6-9,11,14H,4-5,10H2,1H3. The van der Waals surface area contributed by atoms with Crippen molar-refractivity contribution in [3.63, 3.8) is 0 Å². The van der Waals surface area contributed by atoms with Gasteiger partial charge in [0.2, 0.25) is 0 Å². The highest BCUT2D eigenvalue weighted by molar-refractivity contribution is 7.94. The summed E-state index contributed by atoms with van der Waals surface area (Å²) in [7, 11) is 0. The molecule has 22 heavy (non-hydrogen) atoms. The fourth-order valence-corrected chi connectivity index (χ4v) is 3.16. The molecule has 1 aromatic carbocycles. The van der Waals surface area contributed by atoms with Gasteiger partial charge < -0.3 is 0 Å². The minimum atomic E-state index is 0.285. The highest BCUT2D eigenvalue weighted by Crippen LogP contribution is 2.39. The van der Waals surface area contributed by atoms with E-state index in [1.165, 1.54) is 40.9 Å². The number of halogens is 1.